The van der Waals surface area contributed by atoms with Crippen molar-refractivity contribution >= 4 is 0 Å². The van der Waals surface area contributed by atoms with Crippen LogP contribution in [0, 0.1) is 6.92 Å². The lowest BCUT2D eigenvalue weighted by atomic mass is 10.2. The molecule has 0 saturated heterocycles. The minimum atomic E-state index is 0.816. The summed E-state index contributed by atoms with van der Waals surface area (Å²) in [6.45, 7) is 3.77. The summed E-state index contributed by atoms with van der Waals surface area (Å²) in [6, 6.07) is 8.21. The van der Waals surface area contributed by atoms with E-state index >= 15 is 0 Å². The van der Waals surface area contributed by atoms with Crippen LogP contribution in [0.25, 0.3) is 0 Å². The van der Waals surface area contributed by atoms with Crippen LogP contribution in [0.15, 0.2) is 24.3 Å². The van der Waals surface area contributed by atoms with Crippen molar-refractivity contribution in [3.05, 3.63) is 29.8 Å². The molecule has 0 fully saturated rings. The lowest BCUT2D eigenvalue weighted by Crippen LogP contribution is -1.97. The molecular formula is C14H22O2. The Balaban J connectivity index is 2.01. The molecule has 0 aliphatic rings. The van der Waals surface area contributed by atoms with Crippen molar-refractivity contribution in [3.63, 3.8) is 0 Å². The van der Waals surface area contributed by atoms with Gasteiger partial charge in [-0.05, 0) is 38.3 Å². The summed E-state index contributed by atoms with van der Waals surface area (Å²) in [5.41, 5.74) is 1.27. The predicted molar refractivity (Wildman–Crippen MR) is 67.0 cm³/mol. The fraction of sp³-hybridized carbons (Fsp3) is 0.571. The zero-order valence-corrected chi connectivity index (χ0v) is 10.4. The molecule has 0 atom stereocenters. The molecule has 0 saturated carbocycles. The van der Waals surface area contributed by atoms with Gasteiger partial charge in [-0.2, -0.15) is 0 Å². The van der Waals surface area contributed by atoms with Gasteiger partial charge in [-0.25, -0.2) is 0 Å². The zero-order valence-electron chi connectivity index (χ0n) is 10.4. The molecule has 0 aromatic heterocycles. The van der Waals surface area contributed by atoms with E-state index in [2.05, 4.69) is 19.1 Å². The highest BCUT2D eigenvalue weighted by Gasteiger charge is 1.93. The van der Waals surface area contributed by atoms with Crippen molar-refractivity contribution in [3.8, 4) is 5.75 Å². The van der Waals surface area contributed by atoms with Crippen LogP contribution in [0.4, 0.5) is 0 Å². The van der Waals surface area contributed by atoms with Gasteiger partial charge in [0.05, 0.1) is 6.61 Å². The van der Waals surface area contributed by atoms with E-state index < -0.39 is 0 Å². The first-order valence-corrected chi connectivity index (χ1v) is 6.01. The summed E-state index contributed by atoms with van der Waals surface area (Å²) >= 11 is 0. The van der Waals surface area contributed by atoms with Crippen LogP contribution >= 0.6 is 0 Å². The molecule has 0 bridgehead atoms. The van der Waals surface area contributed by atoms with Crippen molar-refractivity contribution < 1.29 is 9.47 Å². The molecule has 0 aliphatic heterocycles. The number of rotatable bonds is 8. The summed E-state index contributed by atoms with van der Waals surface area (Å²) in [5, 5.41) is 0. The Hall–Kier alpha value is -1.02. The van der Waals surface area contributed by atoms with E-state index in [4.69, 9.17) is 9.47 Å². The van der Waals surface area contributed by atoms with Crippen molar-refractivity contribution in [2.45, 2.75) is 32.6 Å². The lowest BCUT2D eigenvalue weighted by molar-refractivity contribution is 0.191. The zero-order chi connectivity index (χ0) is 11.6. The molecule has 0 spiro atoms. The van der Waals surface area contributed by atoms with Crippen molar-refractivity contribution in [1.82, 2.24) is 0 Å². The topological polar surface area (TPSA) is 18.5 Å². The molecule has 0 heterocycles. The van der Waals surface area contributed by atoms with Gasteiger partial charge in [-0.1, -0.05) is 24.1 Å². The van der Waals surface area contributed by atoms with Gasteiger partial charge in [0.25, 0.3) is 0 Å². The van der Waals surface area contributed by atoms with Crippen molar-refractivity contribution in [2.75, 3.05) is 20.3 Å². The molecule has 0 radical (unpaired) electrons. The largest absolute Gasteiger partial charge is 0.494 e. The first kappa shape index (κ1) is 13.0. The maximum Gasteiger partial charge on any atom is 0.119 e. The Bertz CT molecular complexity index is 267. The minimum Gasteiger partial charge on any atom is -0.494 e. The SMILES string of the molecule is COCCCCCCOc1ccc(C)cc1. The van der Waals surface area contributed by atoms with Crippen LogP contribution in [0.5, 0.6) is 5.75 Å². The highest BCUT2D eigenvalue weighted by atomic mass is 16.5. The van der Waals surface area contributed by atoms with E-state index in [1.54, 1.807) is 7.11 Å². The monoisotopic (exact) mass is 222 g/mol. The molecule has 0 unspecified atom stereocenters. The van der Waals surface area contributed by atoms with Gasteiger partial charge in [0.15, 0.2) is 0 Å². The Morgan fingerprint density at radius 3 is 2.12 bits per heavy atom. The van der Waals surface area contributed by atoms with E-state index in [9.17, 15) is 0 Å². The Morgan fingerprint density at radius 2 is 1.50 bits per heavy atom. The normalized spacial score (nSPS) is 10.4. The van der Waals surface area contributed by atoms with E-state index in [0.717, 1.165) is 31.8 Å². The fourth-order valence-corrected chi connectivity index (χ4v) is 1.53. The van der Waals surface area contributed by atoms with Crippen LogP contribution in [0.2, 0.25) is 0 Å². The van der Waals surface area contributed by atoms with Gasteiger partial charge < -0.3 is 9.47 Å². The van der Waals surface area contributed by atoms with Crippen molar-refractivity contribution in [2.24, 2.45) is 0 Å². The smallest absolute Gasteiger partial charge is 0.119 e. The summed E-state index contributed by atoms with van der Waals surface area (Å²) < 4.78 is 10.6. The highest BCUT2D eigenvalue weighted by molar-refractivity contribution is 5.26. The van der Waals surface area contributed by atoms with Gasteiger partial charge in [0.2, 0.25) is 0 Å². The number of unbranched alkanes of at least 4 members (excludes halogenated alkanes) is 3. The summed E-state index contributed by atoms with van der Waals surface area (Å²) in [6.07, 6.45) is 4.72. The molecule has 2 nitrogen and oxygen atoms in total. The third-order valence-corrected chi connectivity index (χ3v) is 2.53. The quantitative estimate of drug-likeness (QED) is 0.626. The number of hydrogen-bond acceptors (Lipinski definition) is 2. The molecule has 16 heavy (non-hydrogen) atoms. The van der Waals surface area contributed by atoms with Crippen molar-refractivity contribution in [1.29, 1.82) is 0 Å². The second kappa shape index (κ2) is 8.17. The average molecular weight is 222 g/mol. The number of aryl methyl sites for hydroxylation is 1. The van der Waals surface area contributed by atoms with E-state index in [0.29, 0.717) is 0 Å². The number of methoxy groups -OCH3 is 1. The van der Waals surface area contributed by atoms with Gasteiger partial charge in [-0.3, -0.25) is 0 Å². The highest BCUT2D eigenvalue weighted by Crippen LogP contribution is 2.12. The maximum atomic E-state index is 5.64. The third kappa shape index (κ3) is 5.76. The molecule has 1 aromatic rings. The van der Waals surface area contributed by atoms with Crippen LogP contribution in [0.3, 0.4) is 0 Å². The molecule has 2 heteroatoms. The molecular weight excluding hydrogens is 200 g/mol. The van der Waals surface area contributed by atoms with Gasteiger partial charge in [0.1, 0.15) is 5.75 Å². The summed E-state index contributed by atoms with van der Waals surface area (Å²) in [5.74, 6) is 0.975. The average Bonchev–Trinajstić information content (AvgIpc) is 2.30. The maximum absolute atomic E-state index is 5.64. The van der Waals surface area contributed by atoms with E-state index in [-0.39, 0.29) is 0 Å². The second-order valence-corrected chi connectivity index (χ2v) is 4.07. The molecule has 0 amide bonds. The number of ether oxygens (including phenoxy) is 2. The Morgan fingerprint density at radius 1 is 0.875 bits per heavy atom. The molecule has 1 rings (SSSR count). The fourth-order valence-electron chi connectivity index (χ4n) is 1.53. The van der Waals surface area contributed by atoms with Crippen LogP contribution < -0.4 is 4.74 Å². The van der Waals surface area contributed by atoms with Crippen LogP contribution in [-0.4, -0.2) is 20.3 Å². The molecule has 1 aromatic carbocycles. The predicted octanol–water partition coefficient (Wildman–Crippen LogP) is 3.58. The number of hydrogen-bond donors (Lipinski definition) is 0. The summed E-state index contributed by atoms with van der Waals surface area (Å²) in [7, 11) is 1.75. The second-order valence-electron chi connectivity index (χ2n) is 4.07. The minimum absolute atomic E-state index is 0.816. The third-order valence-electron chi connectivity index (χ3n) is 2.53. The Kier molecular flexibility index (Phi) is 6.66. The Labute approximate surface area is 98.6 Å². The van der Waals surface area contributed by atoms with Gasteiger partial charge in [-0.15, -0.1) is 0 Å². The lowest BCUT2D eigenvalue weighted by Gasteiger charge is -2.06. The van der Waals surface area contributed by atoms with E-state index in [1.807, 2.05) is 12.1 Å². The summed E-state index contributed by atoms with van der Waals surface area (Å²) in [4.78, 5) is 0. The first-order valence-electron chi connectivity index (χ1n) is 6.01. The molecule has 0 N–H and O–H groups in total. The van der Waals surface area contributed by atoms with Crippen LogP contribution in [-0.2, 0) is 4.74 Å². The first-order chi connectivity index (χ1) is 7.83. The van der Waals surface area contributed by atoms with Crippen LogP contribution in [0.1, 0.15) is 31.2 Å². The van der Waals surface area contributed by atoms with Gasteiger partial charge >= 0.3 is 0 Å². The van der Waals surface area contributed by atoms with Gasteiger partial charge in [0, 0.05) is 13.7 Å². The molecule has 0 aliphatic carbocycles. The standard InChI is InChI=1S/C14H22O2/c1-13-7-9-14(10-8-13)16-12-6-4-3-5-11-15-2/h7-10H,3-6,11-12H2,1-2H3. The molecule has 90 valence electrons. The van der Waals surface area contributed by atoms with E-state index in [1.165, 1.54) is 18.4 Å². The number of benzene rings is 1.